The van der Waals surface area contributed by atoms with E-state index in [9.17, 15) is 0 Å². The van der Waals surface area contributed by atoms with Crippen molar-refractivity contribution in [1.82, 2.24) is 10.3 Å². The summed E-state index contributed by atoms with van der Waals surface area (Å²) in [5.41, 5.74) is 3.40. The highest BCUT2D eigenvalue weighted by molar-refractivity contribution is 7.15. The van der Waals surface area contributed by atoms with E-state index in [1.54, 1.807) is 0 Å². The Balaban J connectivity index is 2.05. The first-order valence-electron chi connectivity index (χ1n) is 6.94. The number of pyridine rings is 1. The molecule has 3 rings (SSSR count). The van der Waals surface area contributed by atoms with E-state index in [0.717, 1.165) is 24.3 Å². The van der Waals surface area contributed by atoms with Crippen LogP contribution in [0, 0.1) is 6.92 Å². The van der Waals surface area contributed by atoms with Gasteiger partial charge in [-0.1, -0.05) is 31.2 Å². The number of aryl methyl sites for hydroxylation is 1. The second-order valence-corrected chi connectivity index (χ2v) is 6.04. The van der Waals surface area contributed by atoms with E-state index in [2.05, 4.69) is 54.7 Å². The molecule has 3 aromatic rings. The molecule has 0 unspecified atom stereocenters. The van der Waals surface area contributed by atoms with Gasteiger partial charge in [-0.3, -0.25) is 4.98 Å². The van der Waals surface area contributed by atoms with Gasteiger partial charge in [0.1, 0.15) is 0 Å². The second-order valence-electron chi connectivity index (χ2n) is 4.88. The summed E-state index contributed by atoms with van der Waals surface area (Å²) in [7, 11) is 0. The van der Waals surface area contributed by atoms with Gasteiger partial charge in [-0.2, -0.15) is 0 Å². The highest BCUT2D eigenvalue weighted by atomic mass is 32.1. The van der Waals surface area contributed by atoms with Crippen LogP contribution in [-0.2, 0) is 6.54 Å². The average Bonchev–Trinajstić information content (AvgIpc) is 2.93. The highest BCUT2D eigenvalue weighted by Gasteiger charge is 2.08. The van der Waals surface area contributed by atoms with Gasteiger partial charge in [0.15, 0.2) is 0 Å². The largest absolute Gasteiger partial charge is 0.312 e. The Kier molecular flexibility index (Phi) is 3.81. The van der Waals surface area contributed by atoms with Gasteiger partial charge in [0.05, 0.1) is 5.52 Å². The van der Waals surface area contributed by atoms with Crippen molar-refractivity contribution >= 4 is 22.2 Å². The van der Waals surface area contributed by atoms with Crippen molar-refractivity contribution in [3.63, 3.8) is 0 Å². The Morgan fingerprint density at radius 2 is 2.00 bits per heavy atom. The zero-order valence-corrected chi connectivity index (χ0v) is 12.6. The molecule has 20 heavy (non-hydrogen) atoms. The Labute approximate surface area is 123 Å². The molecule has 0 saturated carbocycles. The third kappa shape index (κ3) is 2.60. The van der Waals surface area contributed by atoms with Gasteiger partial charge in [-0.15, -0.1) is 11.3 Å². The van der Waals surface area contributed by atoms with Crippen LogP contribution in [0.25, 0.3) is 21.3 Å². The highest BCUT2D eigenvalue weighted by Crippen LogP contribution is 2.32. The molecule has 0 radical (unpaired) electrons. The molecule has 1 aromatic carbocycles. The van der Waals surface area contributed by atoms with Crippen molar-refractivity contribution in [3.05, 3.63) is 53.0 Å². The quantitative estimate of drug-likeness (QED) is 0.768. The topological polar surface area (TPSA) is 24.9 Å². The lowest BCUT2D eigenvalue weighted by atomic mass is 10.1. The van der Waals surface area contributed by atoms with Crippen LogP contribution >= 0.6 is 11.3 Å². The van der Waals surface area contributed by atoms with Crippen molar-refractivity contribution < 1.29 is 0 Å². The minimum absolute atomic E-state index is 0.943. The lowest BCUT2D eigenvalue weighted by Crippen LogP contribution is -2.10. The number of thiophene rings is 1. The number of nitrogens with one attached hydrogen (secondary N) is 1. The summed E-state index contributed by atoms with van der Waals surface area (Å²) >= 11 is 1.84. The molecular weight excluding hydrogens is 264 g/mol. The van der Waals surface area contributed by atoms with Gasteiger partial charge in [-0.25, -0.2) is 0 Å². The summed E-state index contributed by atoms with van der Waals surface area (Å²) in [6, 6.07) is 15.0. The van der Waals surface area contributed by atoms with Crippen LogP contribution in [0.15, 0.2) is 42.5 Å². The number of benzene rings is 1. The third-order valence-corrected chi connectivity index (χ3v) is 4.45. The van der Waals surface area contributed by atoms with Gasteiger partial charge in [0, 0.05) is 32.9 Å². The molecule has 0 aliphatic heterocycles. The van der Waals surface area contributed by atoms with E-state index >= 15 is 0 Å². The molecule has 0 atom stereocenters. The first-order valence-corrected chi connectivity index (χ1v) is 7.76. The Hall–Kier alpha value is -1.71. The molecule has 0 bridgehead atoms. The van der Waals surface area contributed by atoms with Gasteiger partial charge < -0.3 is 5.32 Å². The third-order valence-electron chi connectivity index (χ3n) is 3.34. The van der Waals surface area contributed by atoms with Gasteiger partial charge in [0.25, 0.3) is 0 Å². The van der Waals surface area contributed by atoms with Crippen molar-refractivity contribution in [2.75, 3.05) is 6.54 Å². The molecule has 0 amide bonds. The molecule has 2 nitrogen and oxygen atoms in total. The molecule has 0 aliphatic rings. The molecule has 0 saturated heterocycles. The molecule has 102 valence electrons. The maximum atomic E-state index is 4.71. The Morgan fingerprint density at radius 3 is 2.85 bits per heavy atom. The van der Waals surface area contributed by atoms with Crippen LogP contribution in [0.3, 0.4) is 0 Å². The zero-order chi connectivity index (χ0) is 13.9. The molecule has 0 fully saturated rings. The van der Waals surface area contributed by atoms with E-state index < -0.39 is 0 Å². The van der Waals surface area contributed by atoms with Crippen molar-refractivity contribution in [3.8, 4) is 10.4 Å². The molecule has 2 aromatic heterocycles. The molecular formula is C17H18N2S. The number of aromatic nitrogens is 1. The maximum Gasteiger partial charge on any atom is 0.0791 e. The minimum atomic E-state index is 0.943. The van der Waals surface area contributed by atoms with Crippen LogP contribution in [-0.4, -0.2) is 11.5 Å². The molecule has 3 heteroatoms. The average molecular weight is 282 g/mol. The first kappa shape index (κ1) is 13.3. The van der Waals surface area contributed by atoms with Crippen LogP contribution in [0.2, 0.25) is 0 Å². The van der Waals surface area contributed by atoms with Crippen molar-refractivity contribution in [2.24, 2.45) is 0 Å². The summed E-state index contributed by atoms with van der Waals surface area (Å²) < 4.78 is 0. The fraction of sp³-hybridized carbons (Fsp3) is 0.235. The number of fused-ring (bicyclic) bond motifs is 1. The standard InChI is InChI=1S/C17H18N2S/c1-3-18-11-14-9-10-16(20-14)15-6-4-5-13-8-7-12(2)19-17(13)15/h4-10,18H,3,11H2,1-2H3. The first-order chi connectivity index (χ1) is 9.78. The summed E-state index contributed by atoms with van der Waals surface area (Å²) in [6.45, 7) is 6.12. The lowest BCUT2D eigenvalue weighted by Gasteiger charge is -2.04. The van der Waals surface area contributed by atoms with E-state index in [4.69, 9.17) is 4.98 Å². The van der Waals surface area contributed by atoms with Crippen LogP contribution in [0.5, 0.6) is 0 Å². The maximum absolute atomic E-state index is 4.71. The molecule has 0 spiro atoms. The number of hydrogen-bond donors (Lipinski definition) is 1. The van der Waals surface area contributed by atoms with E-state index in [1.165, 1.54) is 20.7 Å². The Bertz CT molecular complexity index is 731. The normalized spacial score (nSPS) is 11.1. The molecule has 2 heterocycles. The summed E-state index contributed by atoms with van der Waals surface area (Å²) in [5.74, 6) is 0. The van der Waals surface area contributed by atoms with Crippen molar-refractivity contribution in [1.29, 1.82) is 0 Å². The predicted octanol–water partition coefficient (Wildman–Crippen LogP) is 4.38. The number of hydrogen-bond acceptors (Lipinski definition) is 3. The van der Waals surface area contributed by atoms with Crippen LogP contribution in [0.4, 0.5) is 0 Å². The van der Waals surface area contributed by atoms with E-state index in [-0.39, 0.29) is 0 Å². The smallest absolute Gasteiger partial charge is 0.0791 e. The second kappa shape index (κ2) is 5.73. The summed E-state index contributed by atoms with van der Waals surface area (Å²) in [5, 5.41) is 4.57. The van der Waals surface area contributed by atoms with Crippen LogP contribution in [0.1, 0.15) is 17.5 Å². The number of nitrogens with zero attached hydrogens (tertiary/aromatic N) is 1. The molecule has 0 aliphatic carbocycles. The monoisotopic (exact) mass is 282 g/mol. The predicted molar refractivity (Wildman–Crippen MR) is 87.2 cm³/mol. The Morgan fingerprint density at radius 1 is 1.10 bits per heavy atom. The summed E-state index contributed by atoms with van der Waals surface area (Å²) in [4.78, 5) is 7.37. The number of para-hydroxylation sites is 1. The van der Waals surface area contributed by atoms with E-state index in [1.807, 2.05) is 18.3 Å². The number of rotatable bonds is 4. The minimum Gasteiger partial charge on any atom is -0.312 e. The summed E-state index contributed by atoms with van der Waals surface area (Å²) in [6.07, 6.45) is 0. The fourth-order valence-electron chi connectivity index (χ4n) is 2.31. The zero-order valence-electron chi connectivity index (χ0n) is 11.8. The van der Waals surface area contributed by atoms with Crippen molar-refractivity contribution in [2.45, 2.75) is 20.4 Å². The molecule has 1 N–H and O–H groups in total. The van der Waals surface area contributed by atoms with E-state index in [0.29, 0.717) is 0 Å². The SMILES string of the molecule is CCNCc1ccc(-c2cccc3ccc(C)nc23)s1. The van der Waals surface area contributed by atoms with Gasteiger partial charge in [-0.05, 0) is 31.7 Å². The fourth-order valence-corrected chi connectivity index (χ4v) is 3.31. The van der Waals surface area contributed by atoms with Crippen LogP contribution < -0.4 is 5.32 Å². The van der Waals surface area contributed by atoms with Gasteiger partial charge in [0.2, 0.25) is 0 Å². The van der Waals surface area contributed by atoms with Gasteiger partial charge >= 0.3 is 0 Å². The lowest BCUT2D eigenvalue weighted by molar-refractivity contribution is 0.735.